The van der Waals surface area contributed by atoms with E-state index in [0.29, 0.717) is 3.38 Å². The second-order valence-electron chi connectivity index (χ2n) is 1.35. The van der Waals surface area contributed by atoms with Crippen molar-refractivity contribution in [1.29, 1.82) is 0 Å². The van der Waals surface area contributed by atoms with E-state index in [1.165, 1.54) is 0 Å². The SMILES string of the molecule is BrCN1C=CSC1I. The van der Waals surface area contributed by atoms with Gasteiger partial charge in [-0.05, 0) is 28.0 Å². The number of rotatable bonds is 1. The molecular weight excluding hydrogens is 301 g/mol. The van der Waals surface area contributed by atoms with Crippen LogP contribution in [-0.2, 0) is 0 Å². The summed E-state index contributed by atoms with van der Waals surface area (Å²) >= 11 is 7.60. The second-order valence-corrected chi connectivity index (χ2v) is 4.86. The summed E-state index contributed by atoms with van der Waals surface area (Å²) in [6.45, 7) is 0. The average Bonchev–Trinajstić information content (AvgIpc) is 2.14. The second kappa shape index (κ2) is 3.31. The Bertz CT molecular complexity index is 108. The van der Waals surface area contributed by atoms with Crippen molar-refractivity contribution in [3.63, 3.8) is 0 Å². The lowest BCUT2D eigenvalue weighted by Gasteiger charge is -2.15. The highest BCUT2D eigenvalue weighted by Gasteiger charge is 2.13. The largest absolute Gasteiger partial charge is 0.347 e. The lowest BCUT2D eigenvalue weighted by molar-refractivity contribution is 0.521. The topological polar surface area (TPSA) is 3.24 Å². The molecule has 8 heavy (non-hydrogen) atoms. The maximum atomic E-state index is 3.37. The van der Waals surface area contributed by atoms with Crippen LogP contribution < -0.4 is 0 Å². The number of thioether (sulfide) groups is 1. The molecule has 0 aromatic rings. The first-order valence-electron chi connectivity index (χ1n) is 2.12. The first-order valence-corrected chi connectivity index (χ1v) is 5.43. The molecule has 0 N–H and O–H groups in total. The molecule has 1 atom stereocenters. The normalized spacial score (nSPS) is 27.2. The van der Waals surface area contributed by atoms with Gasteiger partial charge in [0.05, 0.1) is 5.45 Å². The van der Waals surface area contributed by atoms with E-state index >= 15 is 0 Å². The summed E-state index contributed by atoms with van der Waals surface area (Å²) in [5.74, 6) is 0. The predicted octanol–water partition coefficient (Wildman–Crippen LogP) is 2.58. The zero-order valence-corrected chi connectivity index (χ0v) is 8.61. The van der Waals surface area contributed by atoms with E-state index in [-0.39, 0.29) is 0 Å². The standard InChI is InChI=1S/C4H5BrINS/c5-3-7-1-2-8-4(7)6/h1-2,4H,3H2. The molecule has 0 fully saturated rings. The van der Waals surface area contributed by atoms with Gasteiger partial charge in [-0.25, -0.2) is 0 Å². The molecule has 0 spiro atoms. The fraction of sp³-hybridized carbons (Fsp3) is 0.500. The molecule has 1 aliphatic heterocycles. The van der Waals surface area contributed by atoms with Crippen LogP contribution >= 0.6 is 50.3 Å². The Morgan fingerprint density at radius 2 is 2.62 bits per heavy atom. The first kappa shape index (κ1) is 7.21. The molecule has 0 saturated carbocycles. The van der Waals surface area contributed by atoms with Crippen LogP contribution in [0.1, 0.15) is 0 Å². The zero-order chi connectivity index (χ0) is 5.98. The summed E-state index contributed by atoms with van der Waals surface area (Å²) in [5.41, 5.74) is 0.935. The molecule has 1 rings (SSSR count). The molecule has 0 bridgehead atoms. The van der Waals surface area contributed by atoms with Gasteiger partial charge in [-0.2, -0.15) is 0 Å². The minimum Gasteiger partial charge on any atom is -0.347 e. The van der Waals surface area contributed by atoms with Crippen LogP contribution in [0.4, 0.5) is 0 Å². The van der Waals surface area contributed by atoms with E-state index in [0.717, 1.165) is 5.45 Å². The van der Waals surface area contributed by atoms with Gasteiger partial charge in [0.25, 0.3) is 0 Å². The van der Waals surface area contributed by atoms with Crippen molar-refractivity contribution in [3.8, 4) is 0 Å². The highest BCUT2D eigenvalue weighted by Crippen LogP contribution is 2.30. The van der Waals surface area contributed by atoms with Crippen molar-refractivity contribution in [2.24, 2.45) is 0 Å². The van der Waals surface area contributed by atoms with E-state index in [1.807, 2.05) is 11.8 Å². The van der Waals surface area contributed by atoms with Gasteiger partial charge in [-0.15, -0.1) is 0 Å². The minimum atomic E-state index is 0.590. The quantitative estimate of drug-likeness (QED) is 0.416. The summed E-state index contributed by atoms with van der Waals surface area (Å²) < 4.78 is 0.590. The number of halogens is 2. The molecule has 1 nitrogen and oxygen atoms in total. The molecule has 0 saturated heterocycles. The Hall–Kier alpha value is 1.10. The van der Waals surface area contributed by atoms with Crippen molar-refractivity contribution in [2.45, 2.75) is 3.38 Å². The summed E-state index contributed by atoms with van der Waals surface area (Å²) in [7, 11) is 0. The Morgan fingerprint density at radius 1 is 1.88 bits per heavy atom. The molecule has 1 aliphatic rings. The van der Waals surface area contributed by atoms with Gasteiger partial charge in [0.1, 0.15) is 3.38 Å². The fourth-order valence-electron chi connectivity index (χ4n) is 0.418. The van der Waals surface area contributed by atoms with Gasteiger partial charge in [0.15, 0.2) is 0 Å². The Balaban J connectivity index is 2.41. The first-order chi connectivity index (χ1) is 3.84. The maximum absolute atomic E-state index is 3.37. The van der Waals surface area contributed by atoms with E-state index in [2.05, 4.69) is 55.0 Å². The van der Waals surface area contributed by atoms with E-state index < -0.39 is 0 Å². The highest BCUT2D eigenvalue weighted by molar-refractivity contribution is 14.1. The van der Waals surface area contributed by atoms with Crippen LogP contribution in [0.25, 0.3) is 0 Å². The van der Waals surface area contributed by atoms with Gasteiger partial charge in [-0.1, -0.05) is 27.7 Å². The zero-order valence-electron chi connectivity index (χ0n) is 4.05. The molecule has 4 heteroatoms. The van der Waals surface area contributed by atoms with Crippen LogP contribution in [0.2, 0.25) is 0 Å². The molecule has 0 aromatic carbocycles. The number of alkyl halides is 2. The number of nitrogens with zero attached hydrogens (tertiary/aromatic N) is 1. The van der Waals surface area contributed by atoms with Crippen LogP contribution in [-0.4, -0.2) is 13.7 Å². The van der Waals surface area contributed by atoms with Crippen LogP contribution in [0.5, 0.6) is 0 Å². The molecule has 46 valence electrons. The van der Waals surface area contributed by atoms with Crippen molar-refractivity contribution < 1.29 is 0 Å². The third kappa shape index (κ3) is 1.54. The van der Waals surface area contributed by atoms with Crippen molar-refractivity contribution in [2.75, 3.05) is 5.45 Å². The number of hydrogen-bond donors (Lipinski definition) is 0. The summed E-state index contributed by atoms with van der Waals surface area (Å²) in [5, 5.41) is 2.11. The third-order valence-electron chi connectivity index (χ3n) is 0.842. The summed E-state index contributed by atoms with van der Waals surface area (Å²) in [6.07, 6.45) is 2.09. The molecular formula is C4H5BrINS. The Labute approximate surface area is 75.2 Å². The summed E-state index contributed by atoms with van der Waals surface area (Å²) in [6, 6.07) is 0. The van der Waals surface area contributed by atoms with Crippen LogP contribution in [0.15, 0.2) is 11.6 Å². The molecule has 0 aromatic heterocycles. The minimum absolute atomic E-state index is 0.590. The lowest BCUT2D eigenvalue weighted by Crippen LogP contribution is -2.16. The van der Waals surface area contributed by atoms with Gasteiger partial charge in [0, 0.05) is 6.20 Å². The summed E-state index contributed by atoms with van der Waals surface area (Å²) in [4.78, 5) is 2.21. The Kier molecular flexibility index (Phi) is 2.99. The smallest absolute Gasteiger partial charge is 0.131 e. The highest BCUT2D eigenvalue weighted by atomic mass is 127. The lowest BCUT2D eigenvalue weighted by atomic mass is 10.9. The maximum Gasteiger partial charge on any atom is 0.131 e. The van der Waals surface area contributed by atoms with E-state index in [4.69, 9.17) is 0 Å². The fourth-order valence-corrected chi connectivity index (χ4v) is 3.16. The van der Waals surface area contributed by atoms with Gasteiger partial charge >= 0.3 is 0 Å². The van der Waals surface area contributed by atoms with Gasteiger partial charge in [0.2, 0.25) is 0 Å². The number of hydrogen-bond acceptors (Lipinski definition) is 2. The van der Waals surface area contributed by atoms with Gasteiger partial charge in [-0.3, -0.25) is 0 Å². The molecule has 1 unspecified atom stereocenters. The molecule has 0 aliphatic carbocycles. The molecule has 1 heterocycles. The predicted molar refractivity (Wildman–Crippen MR) is 50.2 cm³/mol. The third-order valence-corrected chi connectivity index (χ3v) is 3.79. The van der Waals surface area contributed by atoms with Crippen molar-refractivity contribution >= 4 is 50.3 Å². The average molecular weight is 306 g/mol. The van der Waals surface area contributed by atoms with Crippen molar-refractivity contribution in [3.05, 3.63) is 11.6 Å². The van der Waals surface area contributed by atoms with Gasteiger partial charge < -0.3 is 4.90 Å². The van der Waals surface area contributed by atoms with Crippen LogP contribution in [0.3, 0.4) is 0 Å². The van der Waals surface area contributed by atoms with E-state index in [9.17, 15) is 0 Å². The van der Waals surface area contributed by atoms with Crippen molar-refractivity contribution in [1.82, 2.24) is 4.90 Å². The monoisotopic (exact) mass is 305 g/mol. The molecule has 0 amide bonds. The molecule has 0 radical (unpaired) electrons. The Morgan fingerprint density at radius 3 is 2.88 bits per heavy atom. The van der Waals surface area contributed by atoms with E-state index in [1.54, 1.807) is 0 Å². The van der Waals surface area contributed by atoms with Crippen LogP contribution in [0, 0.1) is 0 Å².